The number of allylic oxidation sites excluding steroid dienone is 4. The van der Waals surface area contributed by atoms with Crippen LogP contribution >= 0.6 is 0 Å². The number of rotatable bonds is 4. The molecule has 2 rings (SSSR count). The molecule has 0 radical (unpaired) electrons. The fraction of sp³-hybridized carbons (Fsp3) is 0.556. The van der Waals surface area contributed by atoms with Crippen LogP contribution in [0.15, 0.2) is 50.6 Å². The Morgan fingerprint density at radius 3 is 1.10 bits per heavy atom. The van der Waals surface area contributed by atoms with Gasteiger partial charge in [0.1, 0.15) is 12.2 Å². The van der Waals surface area contributed by atoms with Crippen molar-refractivity contribution in [3.63, 3.8) is 0 Å². The molecule has 3 heteroatoms. The number of epoxide rings is 2. The quantitative estimate of drug-likeness (QED) is 0.563. The Hall–Kier alpha value is -1.16. The Balaban J connectivity index is -0.000000230. The third-order valence-electron chi connectivity index (χ3n) is 1.41. The molecule has 0 aliphatic carbocycles. The summed E-state index contributed by atoms with van der Waals surface area (Å²) in [5.41, 5.74) is 0. The van der Waals surface area contributed by atoms with Gasteiger partial charge in [0.25, 0.3) is 0 Å². The second kappa shape index (κ2) is 23.9. The minimum absolute atomic E-state index is 0.392. The van der Waals surface area contributed by atoms with Gasteiger partial charge in [-0.25, -0.2) is 0 Å². The van der Waals surface area contributed by atoms with Gasteiger partial charge in [0, 0.05) is 0 Å². The highest BCUT2D eigenvalue weighted by Crippen LogP contribution is 2.12. The molecule has 0 aromatic carbocycles. The van der Waals surface area contributed by atoms with Crippen LogP contribution < -0.4 is 0 Å². The number of ether oxygens (including phenoxy) is 3. The molecular weight excluding hydrogens is 264 g/mol. The van der Waals surface area contributed by atoms with E-state index >= 15 is 0 Å². The van der Waals surface area contributed by atoms with Crippen molar-refractivity contribution < 1.29 is 14.2 Å². The van der Waals surface area contributed by atoms with E-state index in [1.807, 2.05) is 27.7 Å². The minimum Gasteiger partial charge on any atom is -0.376 e. The van der Waals surface area contributed by atoms with Crippen LogP contribution in [0.5, 0.6) is 0 Å². The van der Waals surface area contributed by atoms with Crippen molar-refractivity contribution >= 4 is 0 Å². The Morgan fingerprint density at radius 1 is 0.762 bits per heavy atom. The Labute approximate surface area is 132 Å². The summed E-state index contributed by atoms with van der Waals surface area (Å²) in [6.45, 7) is 24.3. The first-order valence-electron chi connectivity index (χ1n) is 7.20. The van der Waals surface area contributed by atoms with Crippen LogP contribution in [0.2, 0.25) is 0 Å². The van der Waals surface area contributed by atoms with Crippen LogP contribution in [0, 0.1) is 0 Å². The van der Waals surface area contributed by atoms with Crippen molar-refractivity contribution in [1.29, 1.82) is 0 Å². The summed E-state index contributed by atoms with van der Waals surface area (Å²) in [5, 5.41) is 0. The summed E-state index contributed by atoms with van der Waals surface area (Å²) in [6.07, 6.45) is 7.78. The van der Waals surface area contributed by atoms with Crippen LogP contribution in [0.3, 0.4) is 0 Å². The Bertz CT molecular complexity index is 193. The molecule has 0 bridgehead atoms. The van der Waals surface area contributed by atoms with Gasteiger partial charge in [-0.05, 0) is 27.7 Å². The average molecular weight is 298 g/mol. The molecule has 0 amide bonds. The molecule has 0 N–H and O–H groups in total. The van der Waals surface area contributed by atoms with E-state index in [-0.39, 0.29) is 0 Å². The zero-order chi connectivity index (χ0) is 16.9. The fourth-order valence-electron chi connectivity index (χ4n) is 0.659. The molecular formula is C18H34O3. The third kappa shape index (κ3) is 45.5. The maximum Gasteiger partial charge on any atom is 0.104 e. The minimum atomic E-state index is 0.392. The maximum atomic E-state index is 5.23. The van der Waals surface area contributed by atoms with Gasteiger partial charge in [0.15, 0.2) is 0 Å². The molecule has 124 valence electrons. The lowest BCUT2D eigenvalue weighted by atomic mass is 10.5. The highest BCUT2D eigenvalue weighted by molar-refractivity contribution is 4.71. The topological polar surface area (TPSA) is 34.3 Å². The van der Waals surface area contributed by atoms with Crippen LogP contribution in [0.4, 0.5) is 0 Å². The van der Waals surface area contributed by atoms with E-state index in [4.69, 9.17) is 14.2 Å². The lowest BCUT2D eigenvalue weighted by molar-refractivity contribution is 0.102. The van der Waals surface area contributed by atoms with E-state index in [1.165, 1.54) is 0 Å². The molecule has 2 aliphatic heterocycles. The highest BCUT2D eigenvalue weighted by atomic mass is 16.6. The van der Waals surface area contributed by atoms with Gasteiger partial charge in [0.2, 0.25) is 0 Å². The lowest BCUT2D eigenvalue weighted by Crippen LogP contribution is -2.06. The summed E-state index contributed by atoms with van der Waals surface area (Å²) >= 11 is 0. The first-order valence-corrected chi connectivity index (χ1v) is 7.20. The van der Waals surface area contributed by atoms with E-state index in [1.54, 1.807) is 24.3 Å². The first-order chi connectivity index (χ1) is 10.1. The molecule has 0 aromatic heterocycles. The van der Waals surface area contributed by atoms with Crippen molar-refractivity contribution in [3.8, 4) is 0 Å². The molecule has 2 heterocycles. The van der Waals surface area contributed by atoms with Gasteiger partial charge < -0.3 is 14.2 Å². The van der Waals surface area contributed by atoms with Gasteiger partial charge >= 0.3 is 0 Å². The second-order valence-corrected chi connectivity index (χ2v) is 4.08. The van der Waals surface area contributed by atoms with Crippen molar-refractivity contribution in [2.24, 2.45) is 0 Å². The predicted molar refractivity (Wildman–Crippen MR) is 93.8 cm³/mol. The van der Waals surface area contributed by atoms with Crippen molar-refractivity contribution in [2.75, 3.05) is 26.4 Å². The largest absolute Gasteiger partial charge is 0.376 e. The second-order valence-electron chi connectivity index (χ2n) is 4.08. The summed E-state index contributed by atoms with van der Waals surface area (Å²) in [7, 11) is 0. The van der Waals surface area contributed by atoms with E-state index < -0.39 is 0 Å². The van der Waals surface area contributed by atoms with Crippen LogP contribution in [-0.2, 0) is 14.2 Å². The predicted octanol–water partition coefficient (Wildman–Crippen LogP) is 4.57. The zero-order valence-electron chi connectivity index (χ0n) is 14.3. The molecule has 0 spiro atoms. The summed E-state index contributed by atoms with van der Waals surface area (Å²) in [4.78, 5) is 0. The number of hydrogen-bond donors (Lipinski definition) is 0. The van der Waals surface area contributed by atoms with E-state index in [2.05, 4.69) is 26.3 Å². The molecule has 2 unspecified atom stereocenters. The Kier molecular flexibility index (Phi) is 28.3. The molecule has 2 atom stereocenters. The molecule has 21 heavy (non-hydrogen) atoms. The SMILES string of the molecule is C(OCC1CO1)C1CO1.C=CC.C=CC.C=CC.C=CC. The molecule has 2 aliphatic rings. The zero-order valence-corrected chi connectivity index (χ0v) is 14.3. The van der Waals surface area contributed by atoms with Gasteiger partial charge in [-0.2, -0.15) is 0 Å². The first kappa shape index (κ1) is 24.8. The van der Waals surface area contributed by atoms with Crippen LogP contribution in [0.1, 0.15) is 27.7 Å². The summed E-state index contributed by atoms with van der Waals surface area (Å²) < 4.78 is 15.1. The van der Waals surface area contributed by atoms with Crippen LogP contribution in [0.25, 0.3) is 0 Å². The average Bonchev–Trinajstić information content (AvgIpc) is 3.28. The standard InChI is InChI=1S/C6H10O3.4C3H6/c1(5-3-8-5)7-2-6-4-9-6;4*1-3-2/h5-6H,1-4H2;4*3H,1H2,2H3. The molecule has 3 nitrogen and oxygen atoms in total. The van der Waals surface area contributed by atoms with Crippen molar-refractivity contribution in [2.45, 2.75) is 39.9 Å². The molecule has 2 saturated heterocycles. The van der Waals surface area contributed by atoms with Crippen molar-refractivity contribution in [1.82, 2.24) is 0 Å². The summed E-state index contributed by atoms with van der Waals surface area (Å²) in [5.74, 6) is 0. The van der Waals surface area contributed by atoms with Gasteiger partial charge in [-0.3, -0.25) is 0 Å². The maximum absolute atomic E-state index is 5.23. The van der Waals surface area contributed by atoms with E-state index in [0.717, 1.165) is 26.4 Å². The van der Waals surface area contributed by atoms with E-state index in [0.29, 0.717) is 12.2 Å². The monoisotopic (exact) mass is 298 g/mol. The van der Waals surface area contributed by atoms with Gasteiger partial charge in [-0.1, -0.05) is 24.3 Å². The van der Waals surface area contributed by atoms with Gasteiger partial charge in [0.05, 0.1) is 26.4 Å². The lowest BCUT2D eigenvalue weighted by Gasteiger charge is -1.95. The molecule has 2 fully saturated rings. The molecule has 0 aromatic rings. The van der Waals surface area contributed by atoms with Crippen molar-refractivity contribution in [3.05, 3.63) is 50.6 Å². The normalized spacial score (nSPS) is 19.0. The van der Waals surface area contributed by atoms with Crippen LogP contribution in [-0.4, -0.2) is 38.6 Å². The Morgan fingerprint density at radius 2 is 0.952 bits per heavy atom. The summed E-state index contributed by atoms with van der Waals surface area (Å²) in [6, 6.07) is 0. The smallest absolute Gasteiger partial charge is 0.104 e. The highest BCUT2D eigenvalue weighted by Gasteiger charge is 2.26. The number of hydrogen-bond acceptors (Lipinski definition) is 3. The molecule has 0 saturated carbocycles. The van der Waals surface area contributed by atoms with Gasteiger partial charge in [-0.15, -0.1) is 26.3 Å². The third-order valence-corrected chi connectivity index (χ3v) is 1.41. The fourth-order valence-corrected chi connectivity index (χ4v) is 0.659. The van der Waals surface area contributed by atoms with E-state index in [9.17, 15) is 0 Å².